The van der Waals surface area contributed by atoms with Crippen molar-refractivity contribution in [1.82, 2.24) is 9.97 Å². The zero-order chi connectivity index (χ0) is 23.1. The highest BCUT2D eigenvalue weighted by molar-refractivity contribution is 5.99. The number of rotatable bonds is 3. The Morgan fingerprint density at radius 2 is 2.15 bits per heavy atom. The third kappa shape index (κ3) is 3.71. The van der Waals surface area contributed by atoms with Gasteiger partial charge in [0, 0.05) is 48.3 Å². The van der Waals surface area contributed by atoms with Crippen molar-refractivity contribution in [3.8, 4) is 23.1 Å². The van der Waals surface area contributed by atoms with E-state index in [0.29, 0.717) is 48.2 Å². The van der Waals surface area contributed by atoms with E-state index < -0.39 is 11.9 Å². The van der Waals surface area contributed by atoms with Crippen LogP contribution in [0.15, 0.2) is 24.5 Å². The van der Waals surface area contributed by atoms with E-state index in [1.54, 1.807) is 18.3 Å². The summed E-state index contributed by atoms with van der Waals surface area (Å²) in [5, 5.41) is 15.7. The van der Waals surface area contributed by atoms with Crippen LogP contribution in [-0.2, 0) is 4.74 Å². The molecule has 0 atom stereocenters. The molecule has 1 aliphatic carbocycles. The second-order valence-corrected chi connectivity index (χ2v) is 8.14. The molecule has 10 heteroatoms. The molecule has 0 unspecified atom stereocenters. The number of halogens is 1. The quantitative estimate of drug-likeness (QED) is 0.512. The molecule has 1 aromatic carbocycles. The summed E-state index contributed by atoms with van der Waals surface area (Å²) in [6, 6.07) is 5.41. The zero-order valence-corrected chi connectivity index (χ0v) is 17.8. The van der Waals surface area contributed by atoms with Crippen molar-refractivity contribution in [3.05, 3.63) is 35.9 Å². The van der Waals surface area contributed by atoms with Crippen LogP contribution in [0.3, 0.4) is 0 Å². The van der Waals surface area contributed by atoms with Crippen molar-refractivity contribution < 1.29 is 18.7 Å². The average molecular weight is 448 g/mol. The number of carbonyl (C=O) groups excluding carboxylic acids is 1. The zero-order valence-electron chi connectivity index (χ0n) is 17.8. The second-order valence-electron chi connectivity index (χ2n) is 8.14. The van der Waals surface area contributed by atoms with Gasteiger partial charge in [-0.3, -0.25) is 5.32 Å². The highest BCUT2D eigenvalue weighted by Crippen LogP contribution is 2.39. The molecule has 33 heavy (non-hydrogen) atoms. The van der Waals surface area contributed by atoms with Crippen LogP contribution in [0.1, 0.15) is 18.4 Å². The Bertz CT molecular complexity index is 1320. The number of nitrogens with zero attached hydrogens (tertiary/aromatic N) is 3. The van der Waals surface area contributed by atoms with Crippen molar-refractivity contribution in [2.24, 2.45) is 5.92 Å². The van der Waals surface area contributed by atoms with E-state index in [2.05, 4.69) is 26.7 Å². The van der Waals surface area contributed by atoms with Gasteiger partial charge in [0.1, 0.15) is 24.2 Å². The van der Waals surface area contributed by atoms with Crippen LogP contribution < -0.4 is 21.1 Å². The molecule has 1 aliphatic heterocycles. The number of anilines is 3. The maximum absolute atomic E-state index is 15.2. The number of hydrogen-bond acceptors (Lipinski definition) is 8. The number of ether oxygens (including phenoxy) is 2. The van der Waals surface area contributed by atoms with Crippen molar-refractivity contribution >= 4 is 34.1 Å². The van der Waals surface area contributed by atoms with E-state index in [1.807, 2.05) is 6.92 Å². The summed E-state index contributed by atoms with van der Waals surface area (Å²) < 4.78 is 26.1. The number of hydrogen-bond donors (Lipinski definition) is 3. The first-order chi connectivity index (χ1) is 15.9. The molecule has 2 aromatic heterocycles. The third-order valence-electron chi connectivity index (χ3n) is 6.02. The Balaban J connectivity index is 1.46. The molecular formula is C23H21FN6O3. The summed E-state index contributed by atoms with van der Waals surface area (Å²) in [7, 11) is 0. The van der Waals surface area contributed by atoms with Gasteiger partial charge in [-0.2, -0.15) is 5.26 Å². The normalized spacial score (nSPS) is 18.8. The van der Waals surface area contributed by atoms with Gasteiger partial charge in [-0.15, -0.1) is 0 Å². The second kappa shape index (κ2) is 8.09. The molecule has 2 aliphatic rings. The summed E-state index contributed by atoms with van der Waals surface area (Å²) in [6.07, 6.45) is 3.11. The number of aromatic nitrogens is 2. The minimum absolute atomic E-state index is 0.0394. The largest absolute Gasteiger partial charge is 0.474 e. The number of nitriles is 1. The van der Waals surface area contributed by atoms with Gasteiger partial charge in [0.2, 0.25) is 5.88 Å². The predicted octanol–water partition coefficient (Wildman–Crippen LogP) is 3.98. The van der Waals surface area contributed by atoms with Crippen LogP contribution in [0.5, 0.6) is 5.88 Å². The fraction of sp³-hybridized carbons (Fsp3) is 0.304. The van der Waals surface area contributed by atoms with Gasteiger partial charge in [-0.25, -0.2) is 19.2 Å². The van der Waals surface area contributed by atoms with Gasteiger partial charge >= 0.3 is 6.09 Å². The number of nitrogens with two attached hydrogens (primary N) is 1. The van der Waals surface area contributed by atoms with Gasteiger partial charge in [0.25, 0.3) is 0 Å². The van der Waals surface area contributed by atoms with Crippen molar-refractivity contribution in [3.63, 3.8) is 0 Å². The SMILES string of the molecule is Cc1c(-c2cc3cc(NC(=O)O[C@H]4C[C@H](C#N)C4)ncc3c(N)c2F)cnc2c1NCCO2. The molecule has 1 saturated carbocycles. The highest BCUT2D eigenvalue weighted by Gasteiger charge is 2.32. The molecule has 4 N–H and O–H groups in total. The van der Waals surface area contributed by atoms with E-state index in [0.717, 1.165) is 11.3 Å². The predicted molar refractivity (Wildman–Crippen MR) is 120 cm³/mol. The Morgan fingerprint density at radius 1 is 1.33 bits per heavy atom. The van der Waals surface area contributed by atoms with Gasteiger partial charge in [0.05, 0.1) is 17.7 Å². The van der Waals surface area contributed by atoms with E-state index >= 15 is 4.39 Å². The van der Waals surface area contributed by atoms with Gasteiger partial charge in [0.15, 0.2) is 5.82 Å². The topological polar surface area (TPSA) is 135 Å². The van der Waals surface area contributed by atoms with Crippen molar-refractivity contribution in [2.45, 2.75) is 25.9 Å². The molecule has 3 heterocycles. The minimum atomic E-state index is -0.653. The molecule has 1 fully saturated rings. The summed E-state index contributed by atoms with van der Waals surface area (Å²) >= 11 is 0. The van der Waals surface area contributed by atoms with E-state index in [-0.39, 0.29) is 29.1 Å². The molecule has 0 bridgehead atoms. The van der Waals surface area contributed by atoms with Gasteiger partial charge in [-0.1, -0.05) is 0 Å². The number of pyridine rings is 2. The van der Waals surface area contributed by atoms with E-state index in [4.69, 9.17) is 20.5 Å². The van der Waals surface area contributed by atoms with Crippen LogP contribution >= 0.6 is 0 Å². The fourth-order valence-corrected chi connectivity index (χ4v) is 4.11. The monoisotopic (exact) mass is 448 g/mol. The van der Waals surface area contributed by atoms with Crippen LogP contribution in [0.4, 0.5) is 26.4 Å². The van der Waals surface area contributed by atoms with Crippen molar-refractivity contribution in [2.75, 3.05) is 29.5 Å². The van der Waals surface area contributed by atoms with Gasteiger partial charge < -0.3 is 20.5 Å². The third-order valence-corrected chi connectivity index (χ3v) is 6.02. The lowest BCUT2D eigenvalue weighted by Gasteiger charge is -2.29. The maximum atomic E-state index is 15.2. The lowest BCUT2D eigenvalue weighted by molar-refractivity contribution is 0.0418. The fourth-order valence-electron chi connectivity index (χ4n) is 4.11. The molecular weight excluding hydrogens is 427 g/mol. The first-order valence-electron chi connectivity index (χ1n) is 10.6. The Morgan fingerprint density at radius 3 is 2.94 bits per heavy atom. The summed E-state index contributed by atoms with van der Waals surface area (Å²) in [4.78, 5) is 20.6. The number of amides is 1. The lowest BCUT2D eigenvalue weighted by Crippen LogP contribution is -2.34. The molecule has 9 nitrogen and oxygen atoms in total. The van der Waals surface area contributed by atoms with Crippen molar-refractivity contribution in [1.29, 1.82) is 5.26 Å². The number of carbonyl (C=O) groups is 1. The average Bonchev–Trinajstić information content (AvgIpc) is 2.79. The van der Waals surface area contributed by atoms with E-state index in [9.17, 15) is 4.79 Å². The standard InChI is InChI=1S/C23H21FN6O3/c1-11-16(9-29-22-21(11)27-2-3-32-22)15-6-13-7-18(28-10-17(13)20(26)19(15)24)30-23(31)33-14-4-12(5-14)8-25/h6-7,9-10,12,14,27H,2-5,26H2,1H3,(H,28,30,31)/t12-,14-. The van der Waals surface area contributed by atoms with Crippen LogP contribution in [0, 0.1) is 30.0 Å². The molecule has 3 aromatic rings. The minimum Gasteiger partial charge on any atom is -0.474 e. The number of fused-ring (bicyclic) bond motifs is 2. The first kappa shape index (κ1) is 20.8. The molecule has 168 valence electrons. The molecule has 0 radical (unpaired) electrons. The van der Waals surface area contributed by atoms with E-state index in [1.165, 1.54) is 6.20 Å². The number of nitrogens with one attached hydrogen (secondary N) is 2. The van der Waals surface area contributed by atoms with Crippen LogP contribution in [0.25, 0.3) is 21.9 Å². The first-order valence-corrected chi connectivity index (χ1v) is 10.6. The van der Waals surface area contributed by atoms with Crippen LogP contribution in [0.2, 0.25) is 0 Å². The molecule has 5 rings (SSSR count). The molecule has 1 amide bonds. The van der Waals surface area contributed by atoms with Gasteiger partial charge in [-0.05, 0) is 30.0 Å². The molecule has 0 saturated heterocycles. The van der Waals surface area contributed by atoms with Crippen LogP contribution in [-0.4, -0.2) is 35.3 Å². The summed E-state index contributed by atoms with van der Waals surface area (Å²) in [5.74, 6) is 0.0959. The maximum Gasteiger partial charge on any atom is 0.413 e. The Hall–Kier alpha value is -4.13. The number of benzene rings is 1. The summed E-state index contributed by atoms with van der Waals surface area (Å²) in [5.41, 5.74) is 8.46. The number of nitrogen functional groups attached to an aromatic ring is 1. The summed E-state index contributed by atoms with van der Waals surface area (Å²) in [6.45, 7) is 3.02. The Labute approximate surface area is 188 Å². The highest BCUT2D eigenvalue weighted by atomic mass is 19.1. The lowest BCUT2D eigenvalue weighted by atomic mass is 9.84. The Kier molecular flexibility index (Phi) is 5.09. The molecule has 0 spiro atoms. The smallest absolute Gasteiger partial charge is 0.413 e.